The zero-order valence-corrected chi connectivity index (χ0v) is 11.8. The maximum absolute atomic E-state index is 12.1. The van der Waals surface area contributed by atoms with Gasteiger partial charge in [0.1, 0.15) is 5.75 Å². The summed E-state index contributed by atoms with van der Waals surface area (Å²) in [5.41, 5.74) is 0. The van der Waals surface area contributed by atoms with Crippen LogP contribution in [0.3, 0.4) is 0 Å². The zero-order chi connectivity index (χ0) is 14.5. The fraction of sp³-hybridized carbons (Fsp3) is 0.417. The minimum Gasteiger partial charge on any atom is -0.508 e. The van der Waals surface area contributed by atoms with E-state index in [0.29, 0.717) is 6.54 Å². The molecule has 0 aliphatic rings. The molecule has 0 unspecified atom stereocenters. The van der Waals surface area contributed by atoms with Gasteiger partial charge in [-0.25, -0.2) is 8.42 Å². The fourth-order valence-corrected chi connectivity index (χ4v) is 2.53. The van der Waals surface area contributed by atoms with Gasteiger partial charge < -0.3 is 10.4 Å². The van der Waals surface area contributed by atoms with E-state index >= 15 is 0 Å². The van der Waals surface area contributed by atoms with Crippen molar-refractivity contribution >= 4 is 15.9 Å². The molecule has 0 heterocycles. The van der Waals surface area contributed by atoms with Crippen LogP contribution >= 0.6 is 0 Å². The number of amides is 1. The highest BCUT2D eigenvalue weighted by molar-refractivity contribution is 7.89. The summed E-state index contributed by atoms with van der Waals surface area (Å²) in [4.78, 5) is 11.5. The molecular formula is C12H18N2O4S. The van der Waals surface area contributed by atoms with Gasteiger partial charge in [-0.2, -0.15) is 4.31 Å². The van der Waals surface area contributed by atoms with Crippen LogP contribution in [0, 0.1) is 0 Å². The molecule has 0 aliphatic carbocycles. The molecule has 19 heavy (non-hydrogen) atoms. The number of phenolic OH excluding ortho intramolecular Hbond substituents is 1. The number of hydrogen-bond acceptors (Lipinski definition) is 4. The summed E-state index contributed by atoms with van der Waals surface area (Å²) in [6, 6.07) is 5.17. The van der Waals surface area contributed by atoms with Gasteiger partial charge in [0.05, 0.1) is 11.4 Å². The molecule has 1 aromatic carbocycles. The number of carbonyl (C=O) groups is 1. The number of sulfonamides is 1. The van der Waals surface area contributed by atoms with Crippen molar-refractivity contribution in [1.29, 1.82) is 0 Å². The van der Waals surface area contributed by atoms with Crippen molar-refractivity contribution in [1.82, 2.24) is 9.62 Å². The lowest BCUT2D eigenvalue weighted by atomic mass is 10.3. The molecule has 0 spiro atoms. The lowest BCUT2D eigenvalue weighted by Gasteiger charge is -2.16. The summed E-state index contributed by atoms with van der Waals surface area (Å²) in [6.45, 7) is 2.20. The van der Waals surface area contributed by atoms with Crippen molar-refractivity contribution in [3.05, 3.63) is 24.3 Å². The molecule has 0 aromatic heterocycles. The van der Waals surface area contributed by atoms with Crippen LogP contribution < -0.4 is 5.32 Å². The van der Waals surface area contributed by atoms with Crippen LogP contribution in [0.1, 0.15) is 13.3 Å². The maximum atomic E-state index is 12.1. The number of rotatable bonds is 6. The van der Waals surface area contributed by atoms with Crippen LogP contribution in [0.15, 0.2) is 29.2 Å². The van der Waals surface area contributed by atoms with E-state index in [1.807, 2.05) is 6.92 Å². The van der Waals surface area contributed by atoms with E-state index in [-0.39, 0.29) is 23.1 Å². The van der Waals surface area contributed by atoms with E-state index in [4.69, 9.17) is 5.11 Å². The van der Waals surface area contributed by atoms with E-state index < -0.39 is 10.0 Å². The number of hydrogen-bond donors (Lipinski definition) is 2. The number of likely N-dealkylation sites (N-methyl/N-ethyl adjacent to an activating group) is 1. The van der Waals surface area contributed by atoms with Gasteiger partial charge in [0.25, 0.3) is 0 Å². The van der Waals surface area contributed by atoms with Crippen LogP contribution in [-0.2, 0) is 14.8 Å². The van der Waals surface area contributed by atoms with Crippen molar-refractivity contribution in [3.8, 4) is 5.75 Å². The molecule has 0 fully saturated rings. The lowest BCUT2D eigenvalue weighted by molar-refractivity contribution is -0.121. The van der Waals surface area contributed by atoms with Crippen molar-refractivity contribution in [2.75, 3.05) is 20.1 Å². The Labute approximate surface area is 113 Å². The van der Waals surface area contributed by atoms with Crippen LogP contribution in [0.4, 0.5) is 0 Å². The smallest absolute Gasteiger partial charge is 0.243 e. The van der Waals surface area contributed by atoms with Gasteiger partial charge in [-0.1, -0.05) is 6.92 Å². The second-order valence-corrected chi connectivity index (χ2v) is 6.15. The molecule has 6 nitrogen and oxygen atoms in total. The Hall–Kier alpha value is -1.60. The molecule has 2 N–H and O–H groups in total. The predicted octanol–water partition coefficient (Wildman–Crippen LogP) is 0.539. The molecule has 0 radical (unpaired) electrons. The summed E-state index contributed by atoms with van der Waals surface area (Å²) in [6.07, 6.45) is 0.792. The Morgan fingerprint density at radius 2 is 1.89 bits per heavy atom. The highest BCUT2D eigenvalue weighted by Gasteiger charge is 2.22. The van der Waals surface area contributed by atoms with E-state index in [1.165, 1.54) is 31.3 Å². The Bertz CT molecular complexity index is 525. The zero-order valence-electron chi connectivity index (χ0n) is 11.0. The number of carbonyl (C=O) groups excluding carboxylic acids is 1. The van der Waals surface area contributed by atoms with Crippen molar-refractivity contribution in [2.45, 2.75) is 18.2 Å². The minimum atomic E-state index is -3.71. The van der Waals surface area contributed by atoms with Crippen molar-refractivity contribution in [3.63, 3.8) is 0 Å². The topological polar surface area (TPSA) is 86.7 Å². The molecule has 0 saturated heterocycles. The van der Waals surface area contributed by atoms with Gasteiger partial charge in [-0.05, 0) is 30.7 Å². The highest BCUT2D eigenvalue weighted by Crippen LogP contribution is 2.17. The maximum Gasteiger partial charge on any atom is 0.243 e. The Kier molecular flexibility index (Phi) is 5.31. The van der Waals surface area contributed by atoms with Crippen LogP contribution in [0.2, 0.25) is 0 Å². The summed E-state index contributed by atoms with van der Waals surface area (Å²) >= 11 is 0. The molecule has 7 heteroatoms. The standard InChI is InChI=1S/C12H18N2O4S/c1-3-8-13-12(16)9-14(2)19(17,18)11-6-4-10(15)5-7-11/h4-7,15H,3,8-9H2,1-2H3,(H,13,16). The third-order valence-electron chi connectivity index (χ3n) is 2.48. The van der Waals surface area contributed by atoms with E-state index in [0.717, 1.165) is 10.7 Å². The SMILES string of the molecule is CCCNC(=O)CN(C)S(=O)(=O)c1ccc(O)cc1. The van der Waals surface area contributed by atoms with Crippen molar-refractivity contribution in [2.24, 2.45) is 0 Å². The average Bonchev–Trinajstić information content (AvgIpc) is 2.36. The molecule has 0 aliphatic heterocycles. The molecule has 1 amide bonds. The predicted molar refractivity (Wildman–Crippen MR) is 71.2 cm³/mol. The first-order chi connectivity index (χ1) is 8.87. The largest absolute Gasteiger partial charge is 0.508 e. The van der Waals surface area contributed by atoms with Gasteiger partial charge in [-0.3, -0.25) is 4.79 Å². The molecular weight excluding hydrogens is 268 g/mol. The molecule has 106 valence electrons. The first kappa shape index (κ1) is 15.5. The number of nitrogens with zero attached hydrogens (tertiary/aromatic N) is 1. The number of nitrogens with one attached hydrogen (secondary N) is 1. The van der Waals surface area contributed by atoms with Gasteiger partial charge in [-0.15, -0.1) is 0 Å². The molecule has 0 atom stereocenters. The van der Waals surface area contributed by atoms with Crippen molar-refractivity contribution < 1.29 is 18.3 Å². The first-order valence-corrected chi connectivity index (χ1v) is 7.34. The average molecular weight is 286 g/mol. The van der Waals surface area contributed by atoms with Crippen LogP contribution in [-0.4, -0.2) is 43.9 Å². The van der Waals surface area contributed by atoms with Crippen LogP contribution in [0.5, 0.6) is 5.75 Å². The normalized spacial score (nSPS) is 11.5. The second-order valence-electron chi connectivity index (χ2n) is 4.10. The fourth-order valence-electron chi connectivity index (χ4n) is 1.41. The molecule has 1 aromatic rings. The molecule has 0 bridgehead atoms. The summed E-state index contributed by atoms with van der Waals surface area (Å²) in [5.74, 6) is -0.353. The van der Waals surface area contributed by atoms with E-state index in [9.17, 15) is 13.2 Å². The molecule has 1 rings (SSSR count). The summed E-state index contributed by atoms with van der Waals surface area (Å²) in [5, 5.41) is 11.7. The third kappa shape index (κ3) is 4.22. The third-order valence-corrected chi connectivity index (χ3v) is 4.30. The lowest BCUT2D eigenvalue weighted by Crippen LogP contribution is -2.38. The second kappa shape index (κ2) is 6.53. The number of benzene rings is 1. The van der Waals surface area contributed by atoms with Crippen LogP contribution in [0.25, 0.3) is 0 Å². The Morgan fingerprint density at radius 1 is 1.32 bits per heavy atom. The highest BCUT2D eigenvalue weighted by atomic mass is 32.2. The van der Waals surface area contributed by atoms with Gasteiger partial charge in [0, 0.05) is 13.6 Å². The Morgan fingerprint density at radius 3 is 2.42 bits per heavy atom. The summed E-state index contributed by atoms with van der Waals surface area (Å²) in [7, 11) is -2.37. The summed E-state index contributed by atoms with van der Waals surface area (Å²) < 4.78 is 25.2. The first-order valence-electron chi connectivity index (χ1n) is 5.90. The van der Waals surface area contributed by atoms with Gasteiger partial charge in [0.15, 0.2) is 0 Å². The Balaban J connectivity index is 2.77. The molecule has 0 saturated carbocycles. The number of phenols is 1. The quantitative estimate of drug-likeness (QED) is 0.799. The van der Waals surface area contributed by atoms with E-state index in [1.54, 1.807) is 0 Å². The van der Waals surface area contributed by atoms with E-state index in [2.05, 4.69) is 5.32 Å². The number of aromatic hydroxyl groups is 1. The van der Waals surface area contributed by atoms with Gasteiger partial charge >= 0.3 is 0 Å². The minimum absolute atomic E-state index is 0.0118. The van der Waals surface area contributed by atoms with Gasteiger partial charge in [0.2, 0.25) is 15.9 Å². The monoisotopic (exact) mass is 286 g/mol.